The Hall–Kier alpha value is -2.68. The van der Waals surface area contributed by atoms with Crippen LogP contribution in [0.25, 0.3) is 0 Å². The Bertz CT molecular complexity index is 606. The lowest BCUT2D eigenvalue weighted by Gasteiger charge is -2.13. The van der Waals surface area contributed by atoms with Gasteiger partial charge >= 0.3 is 5.97 Å². The molecule has 0 fully saturated rings. The Morgan fingerprint density at radius 3 is 2.00 bits per heavy atom. The van der Waals surface area contributed by atoms with E-state index in [2.05, 4.69) is 11.6 Å². The monoisotopic (exact) mass is 293 g/mol. The maximum Gasteiger partial charge on any atom is 0.330 e. The van der Waals surface area contributed by atoms with Crippen molar-refractivity contribution in [1.29, 1.82) is 0 Å². The molecule has 112 valence electrons. The van der Waals surface area contributed by atoms with E-state index in [0.29, 0.717) is 6.42 Å². The number of aliphatic imine (C=N–C) groups is 1. The molecule has 0 spiro atoms. The Balaban J connectivity index is 2.50. The molecule has 0 N–H and O–H groups in total. The molecular weight excluding hydrogens is 274 g/mol. The SMILES string of the molecule is C=CCC(N=C(c1ccccc1)c1ccccc1)C(=O)OC. The highest BCUT2D eigenvalue weighted by Crippen LogP contribution is 2.14. The van der Waals surface area contributed by atoms with Crippen LogP contribution in [-0.4, -0.2) is 24.8 Å². The summed E-state index contributed by atoms with van der Waals surface area (Å²) in [6.45, 7) is 3.69. The van der Waals surface area contributed by atoms with E-state index in [-0.39, 0.29) is 5.97 Å². The van der Waals surface area contributed by atoms with Gasteiger partial charge in [0.15, 0.2) is 6.04 Å². The number of rotatable bonds is 6. The first-order valence-corrected chi connectivity index (χ1v) is 7.13. The first-order valence-electron chi connectivity index (χ1n) is 7.13. The largest absolute Gasteiger partial charge is 0.467 e. The smallest absolute Gasteiger partial charge is 0.330 e. The number of ether oxygens (including phenoxy) is 1. The van der Waals surface area contributed by atoms with E-state index in [1.165, 1.54) is 7.11 Å². The zero-order valence-corrected chi connectivity index (χ0v) is 12.6. The number of methoxy groups -OCH3 is 1. The molecule has 1 unspecified atom stereocenters. The number of nitrogens with zero attached hydrogens (tertiary/aromatic N) is 1. The summed E-state index contributed by atoms with van der Waals surface area (Å²) in [6, 6.07) is 19.1. The number of hydrogen-bond donors (Lipinski definition) is 0. The molecule has 0 saturated heterocycles. The fourth-order valence-corrected chi connectivity index (χ4v) is 2.16. The van der Waals surface area contributed by atoms with Crippen molar-refractivity contribution < 1.29 is 9.53 Å². The lowest BCUT2D eigenvalue weighted by Crippen LogP contribution is -2.22. The van der Waals surface area contributed by atoms with E-state index in [0.717, 1.165) is 16.8 Å². The molecule has 3 heteroatoms. The van der Waals surface area contributed by atoms with Crippen molar-refractivity contribution in [3.63, 3.8) is 0 Å². The van der Waals surface area contributed by atoms with Gasteiger partial charge in [-0.3, -0.25) is 4.99 Å². The number of hydrogen-bond acceptors (Lipinski definition) is 3. The molecule has 0 aromatic heterocycles. The second kappa shape index (κ2) is 7.93. The summed E-state index contributed by atoms with van der Waals surface area (Å²) < 4.78 is 4.84. The van der Waals surface area contributed by atoms with Crippen LogP contribution in [-0.2, 0) is 9.53 Å². The minimum atomic E-state index is -0.585. The number of esters is 1. The second-order valence-electron chi connectivity index (χ2n) is 4.77. The van der Waals surface area contributed by atoms with Gasteiger partial charge in [-0.05, 0) is 6.42 Å². The van der Waals surface area contributed by atoms with Crippen molar-refractivity contribution in [2.75, 3.05) is 7.11 Å². The van der Waals surface area contributed by atoms with Gasteiger partial charge in [-0.1, -0.05) is 66.7 Å². The van der Waals surface area contributed by atoms with E-state index in [9.17, 15) is 4.79 Å². The minimum Gasteiger partial charge on any atom is -0.467 e. The Morgan fingerprint density at radius 1 is 1.09 bits per heavy atom. The van der Waals surface area contributed by atoms with Crippen LogP contribution in [0.5, 0.6) is 0 Å². The van der Waals surface area contributed by atoms with Gasteiger partial charge in [-0.15, -0.1) is 6.58 Å². The van der Waals surface area contributed by atoms with E-state index >= 15 is 0 Å². The van der Waals surface area contributed by atoms with E-state index in [1.54, 1.807) is 6.08 Å². The summed E-state index contributed by atoms with van der Waals surface area (Å²) in [7, 11) is 1.37. The molecule has 1 atom stereocenters. The Labute approximate surface area is 131 Å². The fraction of sp³-hybridized carbons (Fsp3) is 0.158. The second-order valence-corrected chi connectivity index (χ2v) is 4.77. The van der Waals surface area contributed by atoms with Gasteiger partial charge in [-0.2, -0.15) is 0 Å². The van der Waals surface area contributed by atoms with E-state index < -0.39 is 6.04 Å². The molecule has 0 heterocycles. The molecule has 0 aliphatic carbocycles. The molecule has 3 nitrogen and oxygen atoms in total. The maximum absolute atomic E-state index is 11.9. The highest BCUT2D eigenvalue weighted by atomic mass is 16.5. The van der Waals surface area contributed by atoms with Crippen molar-refractivity contribution in [2.45, 2.75) is 12.5 Å². The molecule has 2 rings (SSSR count). The van der Waals surface area contributed by atoms with Crippen LogP contribution < -0.4 is 0 Å². The molecule has 0 aliphatic rings. The summed E-state index contributed by atoms with van der Waals surface area (Å²) in [5.41, 5.74) is 2.71. The Kier molecular flexibility index (Phi) is 5.66. The number of benzene rings is 2. The normalized spacial score (nSPS) is 11.3. The average molecular weight is 293 g/mol. The molecular formula is C19H19NO2. The molecule has 0 amide bonds. The van der Waals surface area contributed by atoms with Crippen molar-refractivity contribution in [3.05, 3.63) is 84.4 Å². The van der Waals surface area contributed by atoms with Crippen LogP contribution in [0.1, 0.15) is 17.5 Å². The summed E-state index contributed by atoms with van der Waals surface area (Å²) in [6.07, 6.45) is 2.12. The van der Waals surface area contributed by atoms with E-state index in [1.807, 2.05) is 60.7 Å². The summed E-state index contributed by atoms with van der Waals surface area (Å²) in [5, 5.41) is 0. The topological polar surface area (TPSA) is 38.7 Å². The average Bonchev–Trinajstić information content (AvgIpc) is 2.59. The van der Waals surface area contributed by atoms with Crippen LogP contribution in [0.3, 0.4) is 0 Å². The predicted octanol–water partition coefficient (Wildman–Crippen LogP) is 3.64. The lowest BCUT2D eigenvalue weighted by molar-refractivity contribution is -0.141. The van der Waals surface area contributed by atoms with Crippen LogP contribution in [0.4, 0.5) is 0 Å². The summed E-state index contributed by atoms with van der Waals surface area (Å²) >= 11 is 0. The number of carbonyl (C=O) groups is 1. The third kappa shape index (κ3) is 3.92. The maximum atomic E-state index is 11.9. The third-order valence-corrected chi connectivity index (χ3v) is 3.24. The van der Waals surface area contributed by atoms with Gasteiger partial charge in [0.05, 0.1) is 12.8 Å². The summed E-state index contributed by atoms with van der Waals surface area (Å²) in [5.74, 6) is -0.357. The van der Waals surface area contributed by atoms with Crippen molar-refractivity contribution in [3.8, 4) is 0 Å². The van der Waals surface area contributed by atoms with Crippen LogP contribution in [0, 0.1) is 0 Å². The first kappa shape index (κ1) is 15.7. The molecule has 22 heavy (non-hydrogen) atoms. The van der Waals surface area contributed by atoms with Gasteiger partial charge in [-0.25, -0.2) is 4.79 Å². The van der Waals surface area contributed by atoms with Crippen molar-refractivity contribution in [1.82, 2.24) is 0 Å². The van der Waals surface area contributed by atoms with Gasteiger partial charge in [0.2, 0.25) is 0 Å². The molecule has 0 radical (unpaired) electrons. The first-order chi connectivity index (χ1) is 10.8. The van der Waals surface area contributed by atoms with E-state index in [4.69, 9.17) is 4.74 Å². The van der Waals surface area contributed by atoms with Gasteiger partial charge in [0.25, 0.3) is 0 Å². The standard InChI is InChI=1S/C19H19NO2/c1-3-10-17(19(21)22-2)20-18(15-11-6-4-7-12-15)16-13-8-5-9-14-16/h3-9,11-14,17H,1,10H2,2H3. The minimum absolute atomic E-state index is 0.357. The molecule has 2 aromatic carbocycles. The molecule has 0 aliphatic heterocycles. The highest BCUT2D eigenvalue weighted by Gasteiger charge is 2.18. The Morgan fingerprint density at radius 2 is 1.59 bits per heavy atom. The molecule has 0 saturated carbocycles. The lowest BCUT2D eigenvalue weighted by atomic mass is 10.0. The van der Waals surface area contributed by atoms with Gasteiger partial charge in [0, 0.05) is 11.1 Å². The third-order valence-electron chi connectivity index (χ3n) is 3.24. The van der Waals surface area contributed by atoms with Crippen molar-refractivity contribution in [2.24, 2.45) is 4.99 Å². The van der Waals surface area contributed by atoms with Crippen molar-refractivity contribution >= 4 is 11.7 Å². The summed E-state index contributed by atoms with van der Waals surface area (Å²) in [4.78, 5) is 16.6. The molecule has 2 aromatic rings. The van der Waals surface area contributed by atoms with Crippen LogP contribution in [0.15, 0.2) is 78.3 Å². The number of carbonyl (C=O) groups excluding carboxylic acids is 1. The zero-order valence-electron chi connectivity index (χ0n) is 12.6. The highest BCUT2D eigenvalue weighted by molar-refractivity contribution is 6.13. The van der Waals surface area contributed by atoms with Crippen LogP contribution in [0.2, 0.25) is 0 Å². The quantitative estimate of drug-likeness (QED) is 0.463. The van der Waals surface area contributed by atoms with Crippen LogP contribution >= 0.6 is 0 Å². The zero-order chi connectivity index (χ0) is 15.8. The predicted molar refractivity (Wildman–Crippen MR) is 89.1 cm³/mol. The molecule has 0 bridgehead atoms. The van der Waals surface area contributed by atoms with Gasteiger partial charge in [0.1, 0.15) is 0 Å². The fourth-order valence-electron chi connectivity index (χ4n) is 2.16. The van der Waals surface area contributed by atoms with Gasteiger partial charge < -0.3 is 4.74 Å².